The fraction of sp³-hybridized carbons (Fsp3) is 0.273. The molecule has 0 fully saturated rings. The van der Waals surface area contributed by atoms with Crippen molar-refractivity contribution >= 4 is 17.3 Å². The minimum atomic E-state index is 0.0295. The molecule has 5 heteroatoms. The fourth-order valence-electron chi connectivity index (χ4n) is 3.70. The van der Waals surface area contributed by atoms with Gasteiger partial charge in [0.1, 0.15) is 5.65 Å². The lowest BCUT2D eigenvalue weighted by atomic mass is 9.90. The van der Waals surface area contributed by atoms with Gasteiger partial charge in [0.05, 0.1) is 19.9 Å². The zero-order valence-electron chi connectivity index (χ0n) is 15.8. The Labute approximate surface area is 157 Å². The molecular formula is C22H22N2O3. The van der Waals surface area contributed by atoms with Crippen molar-refractivity contribution in [3.63, 3.8) is 0 Å². The Morgan fingerprint density at radius 3 is 2.74 bits per heavy atom. The van der Waals surface area contributed by atoms with Crippen molar-refractivity contribution in [3.05, 3.63) is 69.3 Å². The Hall–Kier alpha value is -3.08. The predicted octanol–water partition coefficient (Wildman–Crippen LogP) is 3.90. The van der Waals surface area contributed by atoms with Crippen molar-refractivity contribution in [2.24, 2.45) is 0 Å². The molecule has 0 saturated heterocycles. The van der Waals surface area contributed by atoms with Gasteiger partial charge in [0, 0.05) is 17.3 Å². The first-order valence-corrected chi connectivity index (χ1v) is 9.06. The number of hydrogen-bond donors (Lipinski definition) is 0. The molecule has 1 aliphatic rings. The number of rotatable bonds is 3. The van der Waals surface area contributed by atoms with E-state index in [1.54, 1.807) is 18.6 Å². The average molecular weight is 362 g/mol. The summed E-state index contributed by atoms with van der Waals surface area (Å²) in [6, 6.07) is 9.67. The molecule has 0 atom stereocenters. The monoisotopic (exact) mass is 362 g/mol. The van der Waals surface area contributed by atoms with E-state index in [0.29, 0.717) is 17.1 Å². The third-order valence-corrected chi connectivity index (χ3v) is 5.00. The van der Waals surface area contributed by atoms with Crippen molar-refractivity contribution in [1.82, 2.24) is 9.38 Å². The average Bonchev–Trinajstić information content (AvgIpc) is 2.69. The van der Waals surface area contributed by atoms with E-state index < -0.39 is 0 Å². The van der Waals surface area contributed by atoms with Crippen LogP contribution in [0.4, 0.5) is 0 Å². The Balaban J connectivity index is 1.92. The van der Waals surface area contributed by atoms with E-state index >= 15 is 0 Å². The highest BCUT2D eigenvalue weighted by Crippen LogP contribution is 2.36. The molecule has 0 saturated carbocycles. The number of pyridine rings is 1. The van der Waals surface area contributed by atoms with Gasteiger partial charge in [0.2, 0.25) is 0 Å². The van der Waals surface area contributed by atoms with Crippen LogP contribution in [0, 0.1) is 6.92 Å². The zero-order chi connectivity index (χ0) is 19.0. The highest BCUT2D eigenvalue weighted by molar-refractivity contribution is 5.84. The Morgan fingerprint density at radius 1 is 1.11 bits per heavy atom. The number of hydrogen-bond acceptors (Lipinski definition) is 4. The van der Waals surface area contributed by atoms with Gasteiger partial charge in [0.15, 0.2) is 11.5 Å². The number of aromatic nitrogens is 2. The number of aryl methyl sites for hydroxylation is 1. The van der Waals surface area contributed by atoms with Crippen LogP contribution in [0.1, 0.15) is 35.2 Å². The molecule has 0 unspecified atom stereocenters. The van der Waals surface area contributed by atoms with Crippen molar-refractivity contribution in [2.75, 3.05) is 14.2 Å². The van der Waals surface area contributed by atoms with Gasteiger partial charge in [0.25, 0.3) is 5.56 Å². The molecular weight excluding hydrogens is 340 g/mol. The number of methoxy groups -OCH3 is 2. The third-order valence-electron chi connectivity index (χ3n) is 5.00. The minimum Gasteiger partial charge on any atom is -0.493 e. The molecule has 2 aromatic heterocycles. The highest BCUT2D eigenvalue weighted by Gasteiger charge is 2.21. The van der Waals surface area contributed by atoms with Gasteiger partial charge in [-0.3, -0.25) is 9.20 Å². The van der Waals surface area contributed by atoms with Gasteiger partial charge in [-0.05, 0) is 55.5 Å². The lowest BCUT2D eigenvalue weighted by molar-refractivity contribution is 0.354. The first-order valence-electron chi connectivity index (χ1n) is 9.06. The maximum absolute atomic E-state index is 13.0. The predicted molar refractivity (Wildman–Crippen MR) is 107 cm³/mol. The molecule has 0 amide bonds. The van der Waals surface area contributed by atoms with E-state index in [1.807, 2.05) is 43.5 Å². The first-order chi connectivity index (χ1) is 13.1. The highest BCUT2D eigenvalue weighted by atomic mass is 16.5. The number of allylic oxidation sites excluding steroid dienone is 1. The van der Waals surface area contributed by atoms with Gasteiger partial charge in [-0.2, -0.15) is 0 Å². The summed E-state index contributed by atoms with van der Waals surface area (Å²) in [5, 5.41) is 0. The van der Waals surface area contributed by atoms with Crippen LogP contribution < -0.4 is 15.0 Å². The first kappa shape index (κ1) is 17.3. The molecule has 138 valence electrons. The minimum absolute atomic E-state index is 0.0295. The second-order valence-corrected chi connectivity index (χ2v) is 6.78. The van der Waals surface area contributed by atoms with E-state index in [-0.39, 0.29) is 5.56 Å². The summed E-state index contributed by atoms with van der Waals surface area (Å²) in [6.45, 7) is 1.98. The van der Waals surface area contributed by atoms with E-state index in [2.05, 4.69) is 6.08 Å². The lowest BCUT2D eigenvalue weighted by Gasteiger charge is -2.19. The number of fused-ring (bicyclic) bond motifs is 2. The van der Waals surface area contributed by atoms with Crippen LogP contribution in [0.2, 0.25) is 0 Å². The van der Waals surface area contributed by atoms with Gasteiger partial charge in [-0.25, -0.2) is 4.98 Å². The SMILES string of the molecule is COc1cccc(C=C2CCCc3c2nc2ccc(C)cn2c3=O)c1OC. The molecule has 0 aliphatic heterocycles. The van der Waals surface area contributed by atoms with E-state index in [1.165, 1.54) is 0 Å². The number of para-hydroxylation sites is 1. The number of ether oxygens (including phenoxy) is 2. The van der Waals surface area contributed by atoms with Crippen molar-refractivity contribution < 1.29 is 9.47 Å². The van der Waals surface area contributed by atoms with Crippen LogP contribution in [0.25, 0.3) is 17.3 Å². The molecule has 0 radical (unpaired) electrons. The van der Waals surface area contributed by atoms with Crippen molar-refractivity contribution in [2.45, 2.75) is 26.2 Å². The molecule has 0 bridgehead atoms. The van der Waals surface area contributed by atoms with E-state index in [9.17, 15) is 4.79 Å². The van der Waals surface area contributed by atoms with Crippen molar-refractivity contribution in [3.8, 4) is 11.5 Å². The van der Waals surface area contributed by atoms with Gasteiger partial charge >= 0.3 is 0 Å². The zero-order valence-corrected chi connectivity index (χ0v) is 15.8. The van der Waals surface area contributed by atoms with Crippen LogP contribution in [-0.2, 0) is 6.42 Å². The standard InChI is InChI=1S/C22H22N2O3/c1-14-10-11-19-23-20-15(6-4-8-17(20)22(25)24(19)13-14)12-16-7-5-9-18(26-2)21(16)27-3/h5,7,9-13H,4,6,8H2,1-3H3. The van der Waals surface area contributed by atoms with Crippen LogP contribution in [0.3, 0.4) is 0 Å². The van der Waals surface area contributed by atoms with Gasteiger partial charge in [-0.15, -0.1) is 0 Å². The summed E-state index contributed by atoms with van der Waals surface area (Å²) in [6.07, 6.45) is 6.48. The molecule has 0 spiro atoms. The number of benzene rings is 1. The number of nitrogens with zero attached hydrogens (tertiary/aromatic N) is 2. The van der Waals surface area contributed by atoms with E-state index in [4.69, 9.17) is 14.5 Å². The smallest absolute Gasteiger partial charge is 0.261 e. The molecule has 0 N–H and O–H groups in total. The van der Waals surface area contributed by atoms with Gasteiger partial charge in [-0.1, -0.05) is 18.2 Å². The summed E-state index contributed by atoms with van der Waals surface area (Å²) >= 11 is 0. The summed E-state index contributed by atoms with van der Waals surface area (Å²) in [4.78, 5) is 17.8. The third kappa shape index (κ3) is 2.99. The molecule has 5 nitrogen and oxygen atoms in total. The molecule has 2 heterocycles. The topological polar surface area (TPSA) is 52.8 Å². The Morgan fingerprint density at radius 2 is 1.96 bits per heavy atom. The largest absolute Gasteiger partial charge is 0.493 e. The van der Waals surface area contributed by atoms with Crippen LogP contribution in [0.5, 0.6) is 11.5 Å². The quantitative estimate of drug-likeness (QED) is 0.709. The second-order valence-electron chi connectivity index (χ2n) is 6.78. The Kier molecular flexibility index (Phi) is 4.44. The van der Waals surface area contributed by atoms with Crippen LogP contribution >= 0.6 is 0 Å². The fourth-order valence-corrected chi connectivity index (χ4v) is 3.70. The Bertz CT molecular complexity index is 1110. The van der Waals surface area contributed by atoms with Crippen molar-refractivity contribution in [1.29, 1.82) is 0 Å². The van der Waals surface area contributed by atoms with E-state index in [0.717, 1.165) is 47.2 Å². The normalized spacial score (nSPS) is 15.0. The molecule has 3 aromatic rings. The lowest BCUT2D eigenvalue weighted by Crippen LogP contribution is -2.24. The molecule has 4 rings (SSSR count). The maximum Gasteiger partial charge on any atom is 0.261 e. The molecule has 27 heavy (non-hydrogen) atoms. The van der Waals surface area contributed by atoms with Crippen LogP contribution in [-0.4, -0.2) is 23.6 Å². The summed E-state index contributed by atoms with van der Waals surface area (Å²) in [7, 11) is 3.26. The second kappa shape index (κ2) is 6.91. The molecule has 1 aliphatic carbocycles. The molecule has 1 aromatic carbocycles. The summed E-state index contributed by atoms with van der Waals surface area (Å²) in [5.41, 5.74) is 5.32. The summed E-state index contributed by atoms with van der Waals surface area (Å²) in [5.74, 6) is 1.37. The van der Waals surface area contributed by atoms with Gasteiger partial charge < -0.3 is 9.47 Å². The summed E-state index contributed by atoms with van der Waals surface area (Å²) < 4.78 is 12.6. The maximum atomic E-state index is 13.0. The van der Waals surface area contributed by atoms with Crippen LogP contribution in [0.15, 0.2) is 41.3 Å².